The van der Waals surface area contributed by atoms with E-state index in [9.17, 15) is 9.90 Å². The molecule has 1 aromatic carbocycles. The van der Waals surface area contributed by atoms with E-state index >= 15 is 0 Å². The van der Waals surface area contributed by atoms with E-state index in [4.69, 9.17) is 0 Å². The number of H-pyrrole nitrogens is 1. The van der Waals surface area contributed by atoms with Crippen LogP contribution in [0.25, 0.3) is 0 Å². The highest BCUT2D eigenvalue weighted by Crippen LogP contribution is 2.32. The fraction of sp³-hybridized carbons (Fsp3) is 0.0588. The molecule has 4 rings (SSSR count). The number of amides is 1. The standard InChI is InChI=1S/C17H13N7O2S3/c1-9-6-19-16(27-9)23-14(26)13-15(28-11-4-2-10(25)3-5-11)18-7-12(22-13)29-17-20-8-21-24-17/h2-8,25H,1H3,(H,19,23,26)(H,20,21,24). The van der Waals surface area contributed by atoms with Crippen molar-refractivity contribution in [1.29, 1.82) is 0 Å². The minimum absolute atomic E-state index is 0.163. The Labute approximate surface area is 177 Å². The van der Waals surface area contributed by atoms with Crippen LogP contribution >= 0.6 is 34.9 Å². The molecule has 0 saturated carbocycles. The van der Waals surface area contributed by atoms with Gasteiger partial charge < -0.3 is 10.1 Å². The van der Waals surface area contributed by atoms with Gasteiger partial charge in [0.2, 0.25) is 0 Å². The fourth-order valence-electron chi connectivity index (χ4n) is 2.17. The number of aromatic nitrogens is 6. The molecule has 146 valence electrons. The van der Waals surface area contributed by atoms with Crippen molar-refractivity contribution in [2.45, 2.75) is 27.0 Å². The number of anilines is 1. The number of nitrogens with one attached hydrogen (secondary N) is 2. The number of aryl methyl sites for hydroxylation is 1. The van der Waals surface area contributed by atoms with Gasteiger partial charge in [0, 0.05) is 16.0 Å². The van der Waals surface area contributed by atoms with E-state index in [0.29, 0.717) is 20.3 Å². The van der Waals surface area contributed by atoms with E-state index in [2.05, 4.69) is 35.5 Å². The van der Waals surface area contributed by atoms with Crippen LogP contribution in [0.1, 0.15) is 15.4 Å². The molecule has 3 N–H and O–H groups in total. The Morgan fingerprint density at radius 3 is 2.69 bits per heavy atom. The van der Waals surface area contributed by atoms with Gasteiger partial charge in [0.1, 0.15) is 22.1 Å². The van der Waals surface area contributed by atoms with Gasteiger partial charge >= 0.3 is 0 Å². The van der Waals surface area contributed by atoms with Crippen molar-refractivity contribution in [3.8, 4) is 5.75 Å². The lowest BCUT2D eigenvalue weighted by atomic mass is 10.3. The van der Waals surface area contributed by atoms with E-state index in [-0.39, 0.29) is 11.4 Å². The van der Waals surface area contributed by atoms with Crippen LogP contribution in [0.4, 0.5) is 5.13 Å². The maximum atomic E-state index is 12.9. The molecule has 0 atom stereocenters. The minimum atomic E-state index is -0.409. The van der Waals surface area contributed by atoms with Crippen molar-refractivity contribution in [2.24, 2.45) is 0 Å². The average Bonchev–Trinajstić information content (AvgIpc) is 3.36. The van der Waals surface area contributed by atoms with Gasteiger partial charge in [-0.2, -0.15) is 0 Å². The predicted octanol–water partition coefficient (Wildman–Crippen LogP) is 3.62. The van der Waals surface area contributed by atoms with Gasteiger partial charge in [-0.25, -0.2) is 15.0 Å². The summed E-state index contributed by atoms with van der Waals surface area (Å²) in [6.07, 6.45) is 4.72. The van der Waals surface area contributed by atoms with Crippen molar-refractivity contribution >= 4 is 45.9 Å². The first-order valence-corrected chi connectivity index (χ1v) is 10.6. The highest BCUT2D eigenvalue weighted by atomic mass is 32.2. The molecule has 0 aliphatic heterocycles. The normalized spacial score (nSPS) is 10.8. The van der Waals surface area contributed by atoms with Crippen molar-refractivity contribution < 1.29 is 9.90 Å². The summed E-state index contributed by atoms with van der Waals surface area (Å²) in [5.74, 6) is -0.246. The zero-order chi connectivity index (χ0) is 20.2. The Morgan fingerprint density at radius 2 is 2.00 bits per heavy atom. The van der Waals surface area contributed by atoms with Crippen LogP contribution in [0.15, 0.2) is 63.1 Å². The summed E-state index contributed by atoms with van der Waals surface area (Å²) in [6.45, 7) is 1.91. The smallest absolute Gasteiger partial charge is 0.278 e. The van der Waals surface area contributed by atoms with E-state index in [0.717, 1.165) is 9.77 Å². The molecule has 0 fully saturated rings. The van der Waals surface area contributed by atoms with Crippen molar-refractivity contribution in [1.82, 2.24) is 30.1 Å². The number of hydrogen-bond donors (Lipinski definition) is 3. The molecule has 0 aliphatic rings. The van der Waals surface area contributed by atoms with Gasteiger partial charge in [0.25, 0.3) is 5.91 Å². The summed E-state index contributed by atoms with van der Waals surface area (Å²) in [5.41, 5.74) is 0.167. The molecular formula is C17H13N7O2S3. The molecule has 29 heavy (non-hydrogen) atoms. The SMILES string of the molecule is Cc1cnc(NC(=O)c2nc(Sc3nnc[nH]3)cnc2Sc2ccc(O)cc2)s1. The second kappa shape index (κ2) is 8.59. The summed E-state index contributed by atoms with van der Waals surface area (Å²) >= 11 is 3.87. The quantitative estimate of drug-likeness (QED) is 0.409. The van der Waals surface area contributed by atoms with Crippen molar-refractivity contribution in [3.05, 3.63) is 53.6 Å². The van der Waals surface area contributed by atoms with Gasteiger partial charge in [-0.15, -0.1) is 21.5 Å². The maximum absolute atomic E-state index is 12.9. The number of phenols is 1. The zero-order valence-electron chi connectivity index (χ0n) is 14.9. The molecule has 0 unspecified atom stereocenters. The van der Waals surface area contributed by atoms with E-state index < -0.39 is 5.91 Å². The van der Waals surface area contributed by atoms with Crippen molar-refractivity contribution in [3.63, 3.8) is 0 Å². The number of carbonyl (C=O) groups is 1. The highest BCUT2D eigenvalue weighted by Gasteiger charge is 2.19. The molecule has 1 amide bonds. The molecule has 0 radical (unpaired) electrons. The Kier molecular flexibility index (Phi) is 5.74. The van der Waals surface area contributed by atoms with E-state index in [1.807, 2.05) is 6.92 Å². The Hall–Kier alpha value is -2.96. The number of nitrogens with zero attached hydrogens (tertiary/aromatic N) is 5. The number of aromatic amines is 1. The largest absolute Gasteiger partial charge is 0.508 e. The van der Waals surface area contributed by atoms with Gasteiger partial charge in [0.15, 0.2) is 16.0 Å². The average molecular weight is 444 g/mol. The number of aromatic hydroxyl groups is 1. The summed E-state index contributed by atoms with van der Waals surface area (Å²) in [4.78, 5) is 30.6. The minimum Gasteiger partial charge on any atom is -0.508 e. The Bertz CT molecular complexity index is 1130. The summed E-state index contributed by atoms with van der Waals surface area (Å²) < 4.78 is 0. The molecule has 4 aromatic rings. The molecule has 0 aliphatic carbocycles. The molecule has 12 heteroatoms. The molecule has 0 bridgehead atoms. The lowest BCUT2D eigenvalue weighted by Crippen LogP contribution is -2.16. The highest BCUT2D eigenvalue weighted by molar-refractivity contribution is 7.99. The Balaban J connectivity index is 1.64. The second-order valence-electron chi connectivity index (χ2n) is 5.58. The lowest BCUT2D eigenvalue weighted by molar-refractivity contribution is 0.101. The van der Waals surface area contributed by atoms with Crippen LogP contribution in [0, 0.1) is 6.92 Å². The van der Waals surface area contributed by atoms with Crippen LogP contribution in [0.2, 0.25) is 0 Å². The van der Waals surface area contributed by atoms with Crippen LogP contribution in [-0.2, 0) is 0 Å². The van der Waals surface area contributed by atoms with Gasteiger partial charge in [-0.05, 0) is 43.0 Å². The van der Waals surface area contributed by atoms with E-state index in [1.54, 1.807) is 36.7 Å². The van der Waals surface area contributed by atoms with Crippen LogP contribution in [0.3, 0.4) is 0 Å². The maximum Gasteiger partial charge on any atom is 0.278 e. The van der Waals surface area contributed by atoms with E-state index in [1.165, 1.54) is 41.2 Å². The molecule has 3 heterocycles. The third kappa shape index (κ3) is 4.91. The molecule has 0 spiro atoms. The molecule has 9 nitrogen and oxygen atoms in total. The fourth-order valence-corrected chi connectivity index (χ4v) is 4.31. The lowest BCUT2D eigenvalue weighted by Gasteiger charge is -2.09. The summed E-state index contributed by atoms with van der Waals surface area (Å²) in [6, 6.07) is 6.62. The monoisotopic (exact) mass is 443 g/mol. The molecule has 3 aromatic heterocycles. The number of rotatable bonds is 6. The first-order chi connectivity index (χ1) is 14.1. The third-order valence-electron chi connectivity index (χ3n) is 3.42. The van der Waals surface area contributed by atoms with Crippen LogP contribution < -0.4 is 5.32 Å². The molecule has 0 saturated heterocycles. The summed E-state index contributed by atoms with van der Waals surface area (Å²) in [7, 11) is 0. The number of benzene rings is 1. The second-order valence-corrected chi connectivity index (χ2v) is 8.89. The number of carbonyl (C=O) groups excluding carboxylic acids is 1. The Morgan fingerprint density at radius 1 is 1.17 bits per heavy atom. The van der Waals surface area contributed by atoms with Gasteiger partial charge in [-0.3, -0.25) is 10.1 Å². The molecular weight excluding hydrogens is 430 g/mol. The first-order valence-electron chi connectivity index (χ1n) is 8.18. The number of thiazole rings is 1. The topological polar surface area (TPSA) is 130 Å². The zero-order valence-corrected chi connectivity index (χ0v) is 17.3. The van der Waals surface area contributed by atoms with Gasteiger partial charge in [-0.1, -0.05) is 11.8 Å². The first kappa shape index (κ1) is 19.4. The number of hydrogen-bond acceptors (Lipinski definition) is 10. The third-order valence-corrected chi connectivity index (χ3v) is 6.05. The predicted molar refractivity (Wildman–Crippen MR) is 110 cm³/mol. The van der Waals surface area contributed by atoms with Crippen LogP contribution in [0.5, 0.6) is 5.75 Å². The van der Waals surface area contributed by atoms with Gasteiger partial charge in [0.05, 0.1) is 6.20 Å². The van der Waals surface area contributed by atoms with Crippen LogP contribution in [-0.4, -0.2) is 41.1 Å². The summed E-state index contributed by atoms with van der Waals surface area (Å²) in [5, 5.41) is 21.8. The number of phenolic OH excluding ortho intramolecular Hbond substituents is 1. The van der Waals surface area contributed by atoms with Crippen molar-refractivity contribution in [2.75, 3.05) is 5.32 Å².